The van der Waals surface area contributed by atoms with Crippen LogP contribution >= 0.6 is 0 Å². The minimum Gasteiger partial charge on any atom is -0.389 e. The van der Waals surface area contributed by atoms with E-state index < -0.39 is 6.10 Å². The summed E-state index contributed by atoms with van der Waals surface area (Å²) in [4.78, 5) is 15.3. The van der Waals surface area contributed by atoms with Crippen LogP contribution in [0.15, 0.2) is 53.3 Å². The third-order valence-electron chi connectivity index (χ3n) is 4.49. The molecule has 0 aliphatic heterocycles. The van der Waals surface area contributed by atoms with Gasteiger partial charge >= 0.3 is 0 Å². The molecule has 27 heavy (non-hydrogen) atoms. The molecule has 1 atom stereocenters. The van der Waals surface area contributed by atoms with E-state index >= 15 is 0 Å². The van der Waals surface area contributed by atoms with Crippen LogP contribution in [-0.2, 0) is 17.9 Å². The van der Waals surface area contributed by atoms with E-state index in [4.69, 9.17) is 4.74 Å². The topological polar surface area (TPSA) is 74.4 Å². The molecular formula is C22H26N2O3. The smallest absolute Gasteiger partial charge is 0.252 e. The van der Waals surface area contributed by atoms with Gasteiger partial charge in [0.25, 0.3) is 5.56 Å². The lowest BCUT2D eigenvalue weighted by molar-refractivity contribution is 0.0287. The van der Waals surface area contributed by atoms with Gasteiger partial charge in [-0.25, -0.2) is 0 Å². The van der Waals surface area contributed by atoms with Crippen LogP contribution in [0.3, 0.4) is 0 Å². The van der Waals surface area contributed by atoms with Gasteiger partial charge in [0, 0.05) is 18.7 Å². The Morgan fingerprint density at radius 3 is 2.70 bits per heavy atom. The third kappa shape index (κ3) is 5.26. The Morgan fingerprint density at radius 2 is 1.93 bits per heavy atom. The lowest BCUT2D eigenvalue weighted by Gasteiger charge is -2.13. The second kappa shape index (κ2) is 8.95. The molecule has 1 heterocycles. The molecule has 1 aromatic heterocycles. The number of hydrogen-bond acceptors (Lipinski definition) is 4. The number of H-pyrrole nitrogens is 1. The molecule has 5 heteroatoms. The van der Waals surface area contributed by atoms with Crippen LogP contribution in [0.5, 0.6) is 0 Å². The van der Waals surface area contributed by atoms with Gasteiger partial charge in [0.15, 0.2) is 0 Å². The number of aliphatic hydroxyl groups is 1. The Labute approximate surface area is 159 Å². The van der Waals surface area contributed by atoms with Crippen molar-refractivity contribution in [2.45, 2.75) is 33.1 Å². The van der Waals surface area contributed by atoms with Crippen LogP contribution in [0, 0.1) is 13.8 Å². The highest BCUT2D eigenvalue weighted by Crippen LogP contribution is 2.17. The SMILES string of the molecule is Cc1cc(C)c2[nH]c(=O)c(CNC[C@@H](O)COCc3ccccc3)cc2c1. The Morgan fingerprint density at radius 1 is 1.15 bits per heavy atom. The van der Waals surface area contributed by atoms with E-state index in [2.05, 4.69) is 22.4 Å². The molecule has 142 valence electrons. The first kappa shape index (κ1) is 19.3. The van der Waals surface area contributed by atoms with E-state index in [0.717, 1.165) is 27.6 Å². The van der Waals surface area contributed by atoms with Crippen molar-refractivity contribution in [3.63, 3.8) is 0 Å². The summed E-state index contributed by atoms with van der Waals surface area (Å²) in [7, 11) is 0. The predicted octanol–water partition coefficient (Wildman–Crippen LogP) is 2.81. The largest absolute Gasteiger partial charge is 0.389 e. The van der Waals surface area contributed by atoms with Gasteiger partial charge in [-0.1, -0.05) is 42.0 Å². The van der Waals surface area contributed by atoms with Gasteiger partial charge < -0.3 is 20.1 Å². The van der Waals surface area contributed by atoms with E-state index in [9.17, 15) is 9.90 Å². The van der Waals surface area contributed by atoms with Crippen LogP contribution in [0.1, 0.15) is 22.3 Å². The first-order valence-corrected chi connectivity index (χ1v) is 9.16. The van der Waals surface area contributed by atoms with Crippen molar-refractivity contribution in [1.29, 1.82) is 0 Å². The average molecular weight is 366 g/mol. The number of aryl methyl sites for hydroxylation is 2. The number of aromatic nitrogens is 1. The number of fused-ring (bicyclic) bond motifs is 1. The summed E-state index contributed by atoms with van der Waals surface area (Å²) in [5.41, 5.74) is 4.74. The number of aliphatic hydroxyl groups excluding tert-OH is 1. The van der Waals surface area contributed by atoms with Crippen LogP contribution in [-0.4, -0.2) is 29.3 Å². The summed E-state index contributed by atoms with van der Waals surface area (Å²) in [6.07, 6.45) is -0.627. The molecular weight excluding hydrogens is 340 g/mol. The van der Waals surface area contributed by atoms with Gasteiger partial charge in [-0.3, -0.25) is 4.79 Å². The molecule has 0 aliphatic rings. The molecule has 0 saturated carbocycles. The van der Waals surface area contributed by atoms with Crippen molar-refractivity contribution in [3.05, 3.63) is 81.1 Å². The summed E-state index contributed by atoms with van der Waals surface area (Å²) in [6.45, 7) is 5.51. The summed E-state index contributed by atoms with van der Waals surface area (Å²) in [5.74, 6) is 0. The van der Waals surface area contributed by atoms with Crippen molar-refractivity contribution < 1.29 is 9.84 Å². The maximum Gasteiger partial charge on any atom is 0.252 e. The third-order valence-corrected chi connectivity index (χ3v) is 4.49. The second-order valence-electron chi connectivity index (χ2n) is 6.96. The fraction of sp³-hybridized carbons (Fsp3) is 0.318. The van der Waals surface area contributed by atoms with Crippen LogP contribution in [0.2, 0.25) is 0 Å². The van der Waals surface area contributed by atoms with Crippen molar-refractivity contribution >= 4 is 10.9 Å². The Hall–Kier alpha value is -2.47. The van der Waals surface area contributed by atoms with Gasteiger partial charge in [-0.05, 0) is 42.5 Å². The van der Waals surface area contributed by atoms with Gasteiger partial charge in [-0.15, -0.1) is 0 Å². The molecule has 0 saturated heterocycles. The lowest BCUT2D eigenvalue weighted by atomic mass is 10.1. The molecule has 0 unspecified atom stereocenters. The van der Waals surface area contributed by atoms with Crippen LogP contribution in [0.4, 0.5) is 0 Å². The molecule has 3 N–H and O–H groups in total. The molecule has 0 fully saturated rings. The summed E-state index contributed by atoms with van der Waals surface area (Å²) >= 11 is 0. The zero-order chi connectivity index (χ0) is 19.2. The zero-order valence-corrected chi connectivity index (χ0v) is 15.8. The minimum atomic E-state index is -0.627. The van der Waals surface area contributed by atoms with Gasteiger partial charge in [0.2, 0.25) is 0 Å². The molecule has 0 spiro atoms. The zero-order valence-electron chi connectivity index (χ0n) is 15.8. The number of pyridine rings is 1. The first-order valence-electron chi connectivity index (χ1n) is 9.16. The Kier molecular flexibility index (Phi) is 6.40. The second-order valence-corrected chi connectivity index (χ2v) is 6.96. The maximum absolute atomic E-state index is 12.3. The fourth-order valence-corrected chi connectivity index (χ4v) is 3.18. The fourth-order valence-electron chi connectivity index (χ4n) is 3.18. The lowest BCUT2D eigenvalue weighted by Crippen LogP contribution is -2.31. The van der Waals surface area contributed by atoms with E-state index in [1.165, 1.54) is 0 Å². The number of rotatable bonds is 8. The van der Waals surface area contributed by atoms with Gasteiger partial charge in [-0.2, -0.15) is 0 Å². The van der Waals surface area contributed by atoms with Crippen LogP contribution in [0.25, 0.3) is 10.9 Å². The molecule has 3 rings (SSSR count). The number of benzene rings is 2. The summed E-state index contributed by atoms with van der Waals surface area (Å²) in [5, 5.41) is 14.2. The number of hydrogen-bond donors (Lipinski definition) is 3. The van der Waals surface area contributed by atoms with Crippen molar-refractivity contribution in [3.8, 4) is 0 Å². The Bertz CT molecular complexity index is 951. The van der Waals surface area contributed by atoms with E-state index in [1.807, 2.05) is 50.2 Å². The molecule has 0 amide bonds. The standard InChI is InChI=1S/C22H26N2O3/c1-15-8-16(2)21-18(9-15)10-19(22(26)24-21)11-23-12-20(25)14-27-13-17-6-4-3-5-7-17/h3-10,20,23,25H,11-14H2,1-2H3,(H,24,26)/t20-/m1/s1. The maximum atomic E-state index is 12.3. The van der Waals surface area contributed by atoms with E-state index in [-0.39, 0.29) is 12.2 Å². The van der Waals surface area contributed by atoms with E-state index in [1.54, 1.807) is 0 Å². The van der Waals surface area contributed by atoms with Crippen LogP contribution < -0.4 is 10.9 Å². The molecule has 0 aliphatic carbocycles. The highest BCUT2D eigenvalue weighted by Gasteiger charge is 2.08. The number of aromatic amines is 1. The predicted molar refractivity (Wildman–Crippen MR) is 108 cm³/mol. The average Bonchev–Trinajstić information content (AvgIpc) is 2.64. The highest BCUT2D eigenvalue weighted by molar-refractivity contribution is 5.82. The molecule has 0 radical (unpaired) electrons. The number of ether oxygens (including phenoxy) is 1. The summed E-state index contributed by atoms with van der Waals surface area (Å²) in [6, 6.07) is 15.9. The normalized spacial score (nSPS) is 12.4. The molecule has 0 bridgehead atoms. The monoisotopic (exact) mass is 366 g/mol. The quantitative estimate of drug-likeness (QED) is 0.573. The van der Waals surface area contributed by atoms with Crippen molar-refractivity contribution in [1.82, 2.24) is 10.3 Å². The molecule has 5 nitrogen and oxygen atoms in total. The highest BCUT2D eigenvalue weighted by atomic mass is 16.5. The Balaban J connectivity index is 1.51. The van der Waals surface area contributed by atoms with Gasteiger partial charge in [0.05, 0.1) is 24.8 Å². The van der Waals surface area contributed by atoms with Crippen molar-refractivity contribution in [2.24, 2.45) is 0 Å². The first-order chi connectivity index (χ1) is 13.0. The number of nitrogens with one attached hydrogen (secondary N) is 2. The van der Waals surface area contributed by atoms with E-state index in [0.29, 0.717) is 25.3 Å². The summed E-state index contributed by atoms with van der Waals surface area (Å²) < 4.78 is 5.53. The molecule has 2 aromatic carbocycles. The molecule has 3 aromatic rings. The van der Waals surface area contributed by atoms with Crippen molar-refractivity contribution in [2.75, 3.05) is 13.2 Å². The van der Waals surface area contributed by atoms with Gasteiger partial charge in [0.1, 0.15) is 0 Å². The minimum absolute atomic E-state index is 0.100.